The van der Waals surface area contributed by atoms with Crippen LogP contribution in [0.5, 0.6) is 0 Å². The van der Waals surface area contributed by atoms with Gasteiger partial charge in [-0.1, -0.05) is 34.6 Å². The lowest BCUT2D eigenvalue weighted by atomic mass is 9.62. The van der Waals surface area contributed by atoms with Crippen molar-refractivity contribution in [3.63, 3.8) is 0 Å². The molecule has 1 aliphatic rings. The van der Waals surface area contributed by atoms with E-state index < -0.39 is 0 Å². The average Bonchev–Trinajstić information content (AvgIpc) is 2.23. The first-order chi connectivity index (χ1) is 9.03. The lowest BCUT2D eigenvalue weighted by Gasteiger charge is -2.47. The van der Waals surface area contributed by atoms with Gasteiger partial charge in [0.15, 0.2) is 0 Å². The summed E-state index contributed by atoms with van der Waals surface area (Å²) in [5, 5.41) is 6.10. The van der Waals surface area contributed by atoms with Crippen molar-refractivity contribution < 1.29 is 9.59 Å². The molecule has 2 unspecified atom stereocenters. The normalized spacial score (nSPS) is 29.1. The van der Waals surface area contributed by atoms with E-state index in [-0.39, 0.29) is 34.6 Å². The van der Waals surface area contributed by atoms with Crippen molar-refractivity contribution in [1.82, 2.24) is 10.6 Å². The molecule has 2 amide bonds. The van der Waals surface area contributed by atoms with E-state index in [1.54, 1.807) is 6.92 Å². The molecule has 0 aliphatic heterocycles. The van der Waals surface area contributed by atoms with E-state index >= 15 is 0 Å². The number of carbonyl (C=O) groups is 2. The molecule has 0 radical (unpaired) electrons. The van der Waals surface area contributed by atoms with Gasteiger partial charge >= 0.3 is 0 Å². The number of carbonyl (C=O) groups excluding carboxylic acids is 2. The van der Waals surface area contributed by atoms with Gasteiger partial charge in [0.2, 0.25) is 11.8 Å². The Hall–Kier alpha value is -1.06. The minimum atomic E-state index is 0.0115. The van der Waals surface area contributed by atoms with Crippen LogP contribution in [0.1, 0.15) is 60.8 Å². The molecular formula is C16H30N2O2. The molecular weight excluding hydrogens is 252 g/mol. The lowest BCUT2D eigenvalue weighted by Crippen LogP contribution is -2.50. The number of hydrogen-bond acceptors (Lipinski definition) is 2. The zero-order valence-electron chi connectivity index (χ0n) is 13.8. The second kappa shape index (κ2) is 6.15. The fourth-order valence-electron chi connectivity index (χ4n) is 3.58. The first-order valence-electron chi connectivity index (χ1n) is 7.58. The highest BCUT2D eigenvalue weighted by Crippen LogP contribution is 2.45. The lowest BCUT2D eigenvalue weighted by molar-refractivity contribution is -0.126. The van der Waals surface area contributed by atoms with Gasteiger partial charge < -0.3 is 10.6 Å². The Balaban J connectivity index is 2.74. The smallest absolute Gasteiger partial charge is 0.222 e. The fourth-order valence-corrected chi connectivity index (χ4v) is 3.58. The Morgan fingerprint density at radius 2 is 1.80 bits per heavy atom. The summed E-state index contributed by atoms with van der Waals surface area (Å²) < 4.78 is 0. The topological polar surface area (TPSA) is 58.2 Å². The molecule has 1 saturated carbocycles. The highest BCUT2D eigenvalue weighted by atomic mass is 16.2. The van der Waals surface area contributed by atoms with E-state index in [2.05, 4.69) is 31.4 Å². The predicted molar refractivity (Wildman–Crippen MR) is 81.2 cm³/mol. The zero-order valence-corrected chi connectivity index (χ0v) is 13.8. The molecule has 0 bridgehead atoms. The van der Waals surface area contributed by atoms with Crippen molar-refractivity contribution in [1.29, 1.82) is 0 Å². The molecule has 1 fully saturated rings. The Labute approximate surface area is 123 Å². The van der Waals surface area contributed by atoms with Crippen LogP contribution in [-0.4, -0.2) is 24.4 Å². The molecule has 1 rings (SSSR count). The van der Waals surface area contributed by atoms with Crippen molar-refractivity contribution in [3.8, 4) is 0 Å². The maximum Gasteiger partial charge on any atom is 0.222 e. The van der Waals surface area contributed by atoms with Crippen LogP contribution in [0.3, 0.4) is 0 Å². The van der Waals surface area contributed by atoms with Crippen LogP contribution in [-0.2, 0) is 9.59 Å². The molecule has 2 atom stereocenters. The van der Waals surface area contributed by atoms with Gasteiger partial charge in [-0.2, -0.15) is 0 Å². The standard InChI is InChI=1S/C16H30N2O2/c1-11(2)14(20)18-13-7-15(4,5)9-16(6,8-13)10-17-12(3)19/h11,13H,7-10H2,1-6H3,(H,17,19)(H,18,20). The van der Waals surface area contributed by atoms with Gasteiger partial charge in [-0.3, -0.25) is 9.59 Å². The monoisotopic (exact) mass is 282 g/mol. The molecule has 1 aliphatic carbocycles. The molecule has 0 aromatic heterocycles. The van der Waals surface area contributed by atoms with Crippen LogP contribution in [0.15, 0.2) is 0 Å². The van der Waals surface area contributed by atoms with Crippen molar-refractivity contribution >= 4 is 11.8 Å². The van der Waals surface area contributed by atoms with E-state index in [0.29, 0.717) is 6.54 Å². The Morgan fingerprint density at radius 1 is 1.20 bits per heavy atom. The average molecular weight is 282 g/mol. The van der Waals surface area contributed by atoms with Crippen LogP contribution in [0.25, 0.3) is 0 Å². The van der Waals surface area contributed by atoms with Crippen LogP contribution < -0.4 is 10.6 Å². The minimum Gasteiger partial charge on any atom is -0.356 e. The number of hydrogen-bond donors (Lipinski definition) is 2. The largest absolute Gasteiger partial charge is 0.356 e. The van der Waals surface area contributed by atoms with Crippen molar-refractivity contribution in [2.24, 2.45) is 16.7 Å². The molecule has 116 valence electrons. The van der Waals surface area contributed by atoms with Crippen LogP contribution in [0, 0.1) is 16.7 Å². The first-order valence-corrected chi connectivity index (χ1v) is 7.58. The van der Waals surface area contributed by atoms with Crippen molar-refractivity contribution in [3.05, 3.63) is 0 Å². The quantitative estimate of drug-likeness (QED) is 0.832. The third kappa shape index (κ3) is 5.14. The summed E-state index contributed by atoms with van der Waals surface area (Å²) >= 11 is 0. The van der Waals surface area contributed by atoms with Gasteiger partial charge in [0.1, 0.15) is 0 Å². The highest BCUT2D eigenvalue weighted by molar-refractivity contribution is 5.78. The maximum atomic E-state index is 11.9. The van der Waals surface area contributed by atoms with E-state index in [4.69, 9.17) is 0 Å². The summed E-state index contributed by atoms with van der Waals surface area (Å²) in [5.41, 5.74) is 0.225. The predicted octanol–water partition coefficient (Wildman–Crippen LogP) is 2.48. The fraction of sp³-hybridized carbons (Fsp3) is 0.875. The summed E-state index contributed by atoms with van der Waals surface area (Å²) in [6, 6.07) is 0.201. The second-order valence-corrected chi connectivity index (χ2v) is 7.83. The van der Waals surface area contributed by atoms with Crippen LogP contribution >= 0.6 is 0 Å². The van der Waals surface area contributed by atoms with Crippen LogP contribution in [0.2, 0.25) is 0 Å². The molecule has 2 N–H and O–H groups in total. The number of amides is 2. The first kappa shape index (κ1) is 17.0. The Morgan fingerprint density at radius 3 is 2.30 bits per heavy atom. The van der Waals surface area contributed by atoms with Crippen molar-refractivity contribution in [2.45, 2.75) is 66.8 Å². The van der Waals surface area contributed by atoms with Crippen LogP contribution in [0.4, 0.5) is 0 Å². The molecule has 4 nitrogen and oxygen atoms in total. The second-order valence-electron chi connectivity index (χ2n) is 7.83. The summed E-state index contributed by atoms with van der Waals surface area (Å²) in [6.45, 7) is 12.8. The summed E-state index contributed by atoms with van der Waals surface area (Å²) in [6.07, 6.45) is 2.99. The minimum absolute atomic E-state index is 0.0115. The van der Waals surface area contributed by atoms with Gasteiger partial charge in [-0.05, 0) is 30.1 Å². The molecule has 20 heavy (non-hydrogen) atoms. The number of nitrogens with one attached hydrogen (secondary N) is 2. The number of rotatable bonds is 4. The van der Waals surface area contributed by atoms with Gasteiger partial charge in [0.05, 0.1) is 0 Å². The molecule has 0 heterocycles. The SMILES string of the molecule is CC(=O)NCC1(C)CC(NC(=O)C(C)C)CC(C)(C)C1. The van der Waals surface area contributed by atoms with Gasteiger partial charge in [-0.15, -0.1) is 0 Å². The third-order valence-electron chi connectivity index (χ3n) is 4.08. The summed E-state index contributed by atoms with van der Waals surface area (Å²) in [7, 11) is 0. The van der Waals surface area contributed by atoms with Crippen molar-refractivity contribution in [2.75, 3.05) is 6.54 Å². The summed E-state index contributed by atoms with van der Waals surface area (Å²) in [4.78, 5) is 23.1. The van der Waals surface area contributed by atoms with E-state index in [0.717, 1.165) is 19.3 Å². The molecule has 0 aromatic carbocycles. The van der Waals surface area contributed by atoms with Gasteiger partial charge in [0.25, 0.3) is 0 Å². The third-order valence-corrected chi connectivity index (χ3v) is 4.08. The molecule has 0 saturated heterocycles. The zero-order chi connectivity index (χ0) is 15.6. The van der Waals surface area contributed by atoms with E-state index in [1.807, 2.05) is 13.8 Å². The summed E-state index contributed by atoms with van der Waals surface area (Å²) in [5.74, 6) is 0.147. The Bertz CT molecular complexity index is 377. The van der Waals surface area contributed by atoms with E-state index in [9.17, 15) is 9.59 Å². The Kier molecular flexibility index (Phi) is 5.22. The molecule has 0 aromatic rings. The van der Waals surface area contributed by atoms with Gasteiger partial charge in [-0.25, -0.2) is 0 Å². The molecule has 4 heteroatoms. The molecule has 0 spiro atoms. The highest BCUT2D eigenvalue weighted by Gasteiger charge is 2.41. The maximum absolute atomic E-state index is 11.9. The van der Waals surface area contributed by atoms with Gasteiger partial charge in [0, 0.05) is 25.4 Å². The van der Waals surface area contributed by atoms with E-state index in [1.165, 1.54) is 0 Å².